The Morgan fingerprint density at radius 2 is 1.62 bits per heavy atom. The van der Waals surface area contributed by atoms with Crippen molar-refractivity contribution in [3.8, 4) is 0 Å². The second kappa shape index (κ2) is 9.38. The second-order valence-corrected chi connectivity index (χ2v) is 7.20. The molecule has 2 nitrogen and oxygen atoms in total. The maximum atomic E-state index is 3.90. The van der Waals surface area contributed by atoms with Gasteiger partial charge in [0.2, 0.25) is 0 Å². The lowest BCUT2D eigenvalue weighted by atomic mass is 9.89. The van der Waals surface area contributed by atoms with Crippen molar-refractivity contribution in [2.24, 2.45) is 5.92 Å². The molecule has 2 aliphatic rings. The summed E-state index contributed by atoms with van der Waals surface area (Å²) in [6, 6.07) is 0.720. The largest absolute Gasteiger partial charge is 0.369 e. The molecule has 122 valence electrons. The summed E-state index contributed by atoms with van der Waals surface area (Å²) >= 11 is 0. The molecule has 21 heavy (non-hydrogen) atoms. The zero-order chi connectivity index (χ0) is 14.9. The van der Waals surface area contributed by atoms with E-state index in [1.807, 2.05) is 0 Å². The van der Waals surface area contributed by atoms with Crippen LogP contribution in [0.2, 0.25) is 0 Å². The summed E-state index contributed by atoms with van der Waals surface area (Å²) in [5.41, 5.74) is 0. The summed E-state index contributed by atoms with van der Waals surface area (Å²) in [6.07, 6.45) is 19.2. The summed E-state index contributed by atoms with van der Waals surface area (Å²) in [5.74, 6) is 2.25. The van der Waals surface area contributed by atoms with Crippen LogP contribution in [0.4, 0.5) is 0 Å². The third-order valence-corrected chi connectivity index (χ3v) is 5.26. The predicted octanol–water partition coefficient (Wildman–Crippen LogP) is 5.06. The van der Waals surface area contributed by atoms with Gasteiger partial charge in [0.05, 0.1) is 5.82 Å². The summed E-state index contributed by atoms with van der Waals surface area (Å²) in [4.78, 5) is 2.48. The van der Waals surface area contributed by atoms with Gasteiger partial charge < -0.3 is 10.2 Å². The first-order valence-electron chi connectivity index (χ1n) is 9.49. The Hall–Kier alpha value is -0.660. The van der Waals surface area contributed by atoms with E-state index in [-0.39, 0.29) is 0 Å². The van der Waals surface area contributed by atoms with Crippen LogP contribution in [-0.2, 0) is 0 Å². The van der Waals surface area contributed by atoms with Crippen molar-refractivity contribution in [2.45, 2.75) is 90.0 Å². The molecule has 0 heterocycles. The molecule has 2 fully saturated rings. The van der Waals surface area contributed by atoms with Gasteiger partial charge in [-0.15, -0.1) is 0 Å². The summed E-state index contributed by atoms with van der Waals surface area (Å²) in [6.45, 7) is 3.47. The number of nitrogens with zero attached hydrogens (tertiary/aromatic N) is 1. The van der Waals surface area contributed by atoms with Gasteiger partial charge in [-0.25, -0.2) is 0 Å². The Balaban J connectivity index is 1.95. The first-order valence-corrected chi connectivity index (χ1v) is 9.49. The monoisotopic (exact) mass is 292 g/mol. The molecule has 0 aromatic heterocycles. The van der Waals surface area contributed by atoms with Crippen LogP contribution in [0.5, 0.6) is 0 Å². The quantitative estimate of drug-likeness (QED) is 0.705. The molecule has 0 amide bonds. The van der Waals surface area contributed by atoms with Crippen LogP contribution in [0.1, 0.15) is 84.0 Å². The zero-order valence-corrected chi connectivity index (χ0v) is 14.4. The van der Waals surface area contributed by atoms with E-state index in [0.29, 0.717) is 0 Å². The van der Waals surface area contributed by atoms with Crippen LogP contribution in [-0.4, -0.2) is 24.5 Å². The molecule has 1 N–H and O–H groups in total. The molecule has 0 unspecified atom stereocenters. The highest BCUT2D eigenvalue weighted by Gasteiger charge is 2.18. The van der Waals surface area contributed by atoms with Gasteiger partial charge in [-0.05, 0) is 44.1 Å². The van der Waals surface area contributed by atoms with Crippen LogP contribution in [0.15, 0.2) is 11.9 Å². The lowest BCUT2D eigenvalue weighted by Gasteiger charge is -2.32. The molecule has 0 saturated heterocycles. The molecule has 0 radical (unpaired) electrons. The fourth-order valence-corrected chi connectivity index (χ4v) is 3.78. The van der Waals surface area contributed by atoms with Crippen molar-refractivity contribution in [1.29, 1.82) is 0 Å². The van der Waals surface area contributed by atoms with E-state index in [2.05, 4.69) is 30.3 Å². The van der Waals surface area contributed by atoms with Gasteiger partial charge in [-0.1, -0.05) is 51.9 Å². The lowest BCUT2D eigenvalue weighted by molar-refractivity contribution is 0.313. The van der Waals surface area contributed by atoms with Gasteiger partial charge in [0.1, 0.15) is 0 Å². The van der Waals surface area contributed by atoms with E-state index in [0.717, 1.165) is 12.0 Å². The molecule has 2 heteroatoms. The standard InChI is InChI=1S/C19H36N2/c1-3-4-15-21(2)19(16-17-11-7-5-8-12-17)20-18-13-9-6-10-14-18/h16-18,20H,3-15H2,1-2H3/b19-16+. The number of hydrogen-bond donors (Lipinski definition) is 1. The van der Waals surface area contributed by atoms with Crippen molar-refractivity contribution in [3.63, 3.8) is 0 Å². The lowest BCUT2D eigenvalue weighted by Crippen LogP contribution is -2.38. The van der Waals surface area contributed by atoms with Crippen LogP contribution in [0, 0.1) is 5.92 Å². The van der Waals surface area contributed by atoms with E-state index < -0.39 is 0 Å². The van der Waals surface area contributed by atoms with Crippen molar-refractivity contribution in [1.82, 2.24) is 10.2 Å². The summed E-state index contributed by atoms with van der Waals surface area (Å²) in [5, 5.41) is 3.90. The first kappa shape index (κ1) is 16.7. The van der Waals surface area contributed by atoms with Crippen LogP contribution >= 0.6 is 0 Å². The highest BCUT2D eigenvalue weighted by Crippen LogP contribution is 2.26. The fourth-order valence-electron chi connectivity index (χ4n) is 3.78. The number of unbranched alkanes of at least 4 members (excludes halogenated alkanes) is 1. The molecular formula is C19H36N2. The average molecular weight is 293 g/mol. The number of hydrogen-bond acceptors (Lipinski definition) is 2. The molecule has 0 aliphatic heterocycles. The molecule has 0 aromatic carbocycles. The Morgan fingerprint density at radius 3 is 2.24 bits per heavy atom. The predicted molar refractivity (Wildman–Crippen MR) is 92.2 cm³/mol. The minimum Gasteiger partial charge on any atom is -0.369 e. The van der Waals surface area contributed by atoms with E-state index >= 15 is 0 Å². The number of rotatable bonds is 7. The highest BCUT2D eigenvalue weighted by molar-refractivity contribution is 5.04. The topological polar surface area (TPSA) is 15.3 Å². The molecular weight excluding hydrogens is 256 g/mol. The van der Waals surface area contributed by atoms with Crippen LogP contribution in [0.25, 0.3) is 0 Å². The summed E-state index contributed by atoms with van der Waals surface area (Å²) in [7, 11) is 2.28. The maximum Gasteiger partial charge on any atom is 0.0974 e. The molecule has 0 aromatic rings. The van der Waals surface area contributed by atoms with Crippen molar-refractivity contribution < 1.29 is 0 Å². The number of nitrogens with one attached hydrogen (secondary N) is 1. The maximum absolute atomic E-state index is 3.90. The third kappa shape index (κ3) is 5.92. The van der Waals surface area contributed by atoms with Gasteiger partial charge in [-0.2, -0.15) is 0 Å². The summed E-state index contributed by atoms with van der Waals surface area (Å²) < 4.78 is 0. The van der Waals surface area contributed by atoms with Crippen LogP contribution < -0.4 is 5.32 Å². The normalized spacial score (nSPS) is 22.3. The molecule has 0 spiro atoms. The molecule has 2 saturated carbocycles. The van der Waals surface area contributed by atoms with E-state index in [1.165, 1.54) is 89.4 Å². The van der Waals surface area contributed by atoms with E-state index in [4.69, 9.17) is 0 Å². The minimum atomic E-state index is 0.720. The zero-order valence-electron chi connectivity index (χ0n) is 14.4. The molecule has 0 bridgehead atoms. The highest BCUT2D eigenvalue weighted by atomic mass is 15.2. The first-order chi connectivity index (χ1) is 10.3. The van der Waals surface area contributed by atoms with Gasteiger partial charge in [0, 0.05) is 19.6 Å². The smallest absolute Gasteiger partial charge is 0.0974 e. The molecule has 2 rings (SSSR count). The van der Waals surface area contributed by atoms with Crippen molar-refractivity contribution >= 4 is 0 Å². The third-order valence-electron chi connectivity index (χ3n) is 5.26. The Morgan fingerprint density at radius 1 is 1.00 bits per heavy atom. The van der Waals surface area contributed by atoms with Gasteiger partial charge in [0.25, 0.3) is 0 Å². The average Bonchev–Trinajstić information content (AvgIpc) is 2.54. The number of allylic oxidation sites excluding steroid dienone is 1. The van der Waals surface area contributed by atoms with Gasteiger partial charge in [0.15, 0.2) is 0 Å². The van der Waals surface area contributed by atoms with Gasteiger partial charge >= 0.3 is 0 Å². The van der Waals surface area contributed by atoms with Crippen molar-refractivity contribution in [3.05, 3.63) is 11.9 Å². The van der Waals surface area contributed by atoms with Gasteiger partial charge in [-0.3, -0.25) is 0 Å². The van der Waals surface area contributed by atoms with E-state index in [1.54, 1.807) is 0 Å². The Bertz CT molecular complexity index is 299. The SMILES string of the molecule is CCCCN(C)/C(=C/C1CCCCC1)NC1CCCCC1. The van der Waals surface area contributed by atoms with E-state index in [9.17, 15) is 0 Å². The minimum absolute atomic E-state index is 0.720. The van der Waals surface area contributed by atoms with Crippen molar-refractivity contribution in [2.75, 3.05) is 13.6 Å². The molecule has 2 aliphatic carbocycles. The fraction of sp³-hybridized carbons (Fsp3) is 0.895. The van der Waals surface area contributed by atoms with Crippen LogP contribution in [0.3, 0.4) is 0 Å². The Kier molecular flexibility index (Phi) is 7.46. The Labute approximate surface area is 132 Å². The second-order valence-electron chi connectivity index (χ2n) is 7.20. The molecule has 0 atom stereocenters.